The molecule has 0 aliphatic heterocycles. The van der Waals surface area contributed by atoms with Gasteiger partial charge in [-0.1, -0.05) is 106 Å². The molecule has 0 amide bonds. The second-order valence-corrected chi connectivity index (χ2v) is 8.80. The van der Waals surface area contributed by atoms with Crippen molar-refractivity contribution < 1.29 is 103 Å². The Hall–Kier alpha value is 0.373. The zero-order valence-electron chi connectivity index (χ0n) is 19.0. The van der Waals surface area contributed by atoms with Gasteiger partial charge >= 0.3 is 103 Å². The molecule has 0 heterocycles. The van der Waals surface area contributed by atoms with Gasteiger partial charge in [-0.05, 0) is 23.3 Å². The summed E-state index contributed by atoms with van der Waals surface area (Å²) < 4.78 is 0.728. The number of thiocarbonyl (C=S) groups is 2. The SMILES string of the molecule is S=C([S-])Nc1ccccc1-c1ccccc1.S=C([S-])Nc1ccccc1-c1ccccc1.[K+].[K+]. The fraction of sp³-hybridized carbons (Fsp3) is 0. The standard InChI is InChI=1S/2C13H11NS2.2K/c2*15-13(16)14-12-9-5-4-8-11(12)10-6-2-1-3-7-10;;/h2*1-9H,(H2,14,15,16);;/q;;2*+1/p-2. The summed E-state index contributed by atoms with van der Waals surface area (Å²) in [6.45, 7) is 0. The summed E-state index contributed by atoms with van der Waals surface area (Å²) in [5.41, 5.74) is 6.42. The summed E-state index contributed by atoms with van der Waals surface area (Å²) in [5.74, 6) is 0. The Kier molecular flexibility index (Phi) is 16.9. The molecule has 0 aromatic heterocycles. The average molecular weight is 567 g/mol. The van der Waals surface area contributed by atoms with Gasteiger partial charge < -0.3 is 60.3 Å². The van der Waals surface area contributed by atoms with Crippen LogP contribution in [0.15, 0.2) is 109 Å². The van der Waals surface area contributed by atoms with Crippen molar-refractivity contribution in [2.24, 2.45) is 0 Å². The molecule has 0 aliphatic rings. The Balaban J connectivity index is 0.000000321. The third-order valence-corrected chi connectivity index (χ3v) is 4.91. The molecule has 0 radical (unpaired) electrons. The first-order chi connectivity index (χ1) is 15.5. The zero-order valence-corrected chi connectivity index (χ0v) is 28.5. The van der Waals surface area contributed by atoms with Crippen molar-refractivity contribution in [3.63, 3.8) is 0 Å². The quantitative estimate of drug-likeness (QED) is 0.219. The Bertz CT molecular complexity index is 1090. The van der Waals surface area contributed by atoms with E-state index in [1.165, 1.54) is 0 Å². The normalized spacial score (nSPS) is 9.18. The molecule has 4 rings (SSSR count). The first kappa shape index (κ1) is 32.4. The van der Waals surface area contributed by atoms with E-state index in [1.54, 1.807) is 0 Å². The summed E-state index contributed by atoms with van der Waals surface area (Å²) in [4.78, 5) is 0. The number of hydrogen-bond donors (Lipinski definition) is 2. The van der Waals surface area contributed by atoms with E-state index in [0.717, 1.165) is 33.6 Å². The van der Waals surface area contributed by atoms with Crippen LogP contribution in [-0.2, 0) is 25.3 Å². The molecule has 0 bridgehead atoms. The molecule has 0 fully saturated rings. The molecule has 4 aromatic carbocycles. The largest absolute Gasteiger partial charge is 1.00 e. The summed E-state index contributed by atoms with van der Waals surface area (Å²) in [5, 5.41) is 6.04. The number of para-hydroxylation sites is 2. The Labute approximate surface area is 308 Å². The van der Waals surface area contributed by atoms with E-state index >= 15 is 0 Å². The second kappa shape index (κ2) is 17.8. The molecule has 0 unspecified atom stereocenters. The van der Waals surface area contributed by atoms with Crippen molar-refractivity contribution in [1.82, 2.24) is 0 Å². The van der Waals surface area contributed by atoms with Gasteiger partial charge in [-0.3, -0.25) is 0 Å². The molecule has 34 heavy (non-hydrogen) atoms. The summed E-state index contributed by atoms with van der Waals surface area (Å²) in [6, 6.07) is 36.3. The molecular weight excluding hydrogens is 547 g/mol. The van der Waals surface area contributed by atoms with Crippen molar-refractivity contribution in [3.8, 4) is 22.3 Å². The third kappa shape index (κ3) is 10.8. The fourth-order valence-corrected chi connectivity index (χ4v) is 3.58. The van der Waals surface area contributed by atoms with Crippen LogP contribution in [0.4, 0.5) is 11.4 Å². The molecular formula is C26H20K2N2S4. The van der Waals surface area contributed by atoms with Gasteiger partial charge in [0.15, 0.2) is 0 Å². The van der Waals surface area contributed by atoms with Crippen molar-refractivity contribution >= 4 is 69.7 Å². The van der Waals surface area contributed by atoms with Crippen LogP contribution in [0, 0.1) is 0 Å². The molecule has 4 aromatic rings. The molecule has 0 spiro atoms. The summed E-state index contributed by atoms with van der Waals surface area (Å²) >= 11 is 19.6. The number of rotatable bonds is 4. The first-order valence-corrected chi connectivity index (χ1v) is 11.4. The molecule has 2 N–H and O–H groups in total. The van der Waals surface area contributed by atoms with Gasteiger partial charge in [0.1, 0.15) is 0 Å². The van der Waals surface area contributed by atoms with Crippen LogP contribution in [0.5, 0.6) is 0 Å². The monoisotopic (exact) mass is 566 g/mol. The van der Waals surface area contributed by atoms with Crippen LogP contribution in [0.1, 0.15) is 0 Å². The van der Waals surface area contributed by atoms with Crippen LogP contribution in [0.2, 0.25) is 0 Å². The Morgan fingerprint density at radius 2 is 0.765 bits per heavy atom. The minimum absolute atomic E-state index is 0. The van der Waals surface area contributed by atoms with Crippen molar-refractivity contribution in [2.75, 3.05) is 10.6 Å². The maximum absolute atomic E-state index is 4.89. The Morgan fingerprint density at radius 1 is 0.471 bits per heavy atom. The van der Waals surface area contributed by atoms with E-state index in [4.69, 9.17) is 49.7 Å². The fourth-order valence-electron chi connectivity index (χ4n) is 3.14. The smallest absolute Gasteiger partial charge is 0.411 e. The van der Waals surface area contributed by atoms with Crippen LogP contribution >= 0.6 is 24.4 Å². The van der Waals surface area contributed by atoms with Gasteiger partial charge in [0.2, 0.25) is 0 Å². The number of nitrogens with one attached hydrogen (secondary N) is 2. The number of benzene rings is 4. The molecule has 8 heteroatoms. The summed E-state index contributed by atoms with van der Waals surface area (Å²) in [7, 11) is 0. The van der Waals surface area contributed by atoms with E-state index in [1.807, 2.05) is 84.9 Å². The zero-order chi connectivity index (χ0) is 22.8. The average Bonchev–Trinajstić information content (AvgIpc) is 2.81. The van der Waals surface area contributed by atoms with Crippen LogP contribution < -0.4 is 113 Å². The van der Waals surface area contributed by atoms with E-state index in [-0.39, 0.29) is 103 Å². The van der Waals surface area contributed by atoms with Crippen molar-refractivity contribution in [2.45, 2.75) is 0 Å². The number of hydrogen-bond acceptors (Lipinski definition) is 4. The van der Waals surface area contributed by atoms with E-state index in [2.05, 4.69) is 34.9 Å². The topological polar surface area (TPSA) is 24.1 Å². The van der Waals surface area contributed by atoms with Gasteiger partial charge in [-0.25, -0.2) is 0 Å². The predicted molar refractivity (Wildman–Crippen MR) is 151 cm³/mol. The van der Waals surface area contributed by atoms with E-state index in [9.17, 15) is 0 Å². The molecule has 160 valence electrons. The summed E-state index contributed by atoms with van der Waals surface area (Å²) in [6.07, 6.45) is 0. The predicted octanol–water partition coefficient (Wildman–Crippen LogP) is 1.20. The first-order valence-electron chi connectivity index (χ1n) is 9.79. The van der Waals surface area contributed by atoms with Crippen molar-refractivity contribution in [1.29, 1.82) is 0 Å². The van der Waals surface area contributed by atoms with Crippen LogP contribution in [0.3, 0.4) is 0 Å². The number of anilines is 2. The Morgan fingerprint density at radius 3 is 1.09 bits per heavy atom. The van der Waals surface area contributed by atoms with E-state index in [0.29, 0.717) is 8.64 Å². The van der Waals surface area contributed by atoms with E-state index < -0.39 is 0 Å². The van der Waals surface area contributed by atoms with Crippen LogP contribution in [0.25, 0.3) is 22.3 Å². The molecule has 0 atom stereocenters. The van der Waals surface area contributed by atoms with Gasteiger partial charge in [-0.2, -0.15) is 0 Å². The van der Waals surface area contributed by atoms with Crippen molar-refractivity contribution in [3.05, 3.63) is 109 Å². The molecule has 0 saturated heterocycles. The molecule has 0 aliphatic carbocycles. The molecule has 2 nitrogen and oxygen atoms in total. The van der Waals surface area contributed by atoms with Gasteiger partial charge in [0, 0.05) is 22.5 Å². The van der Waals surface area contributed by atoms with Crippen LogP contribution in [-0.4, -0.2) is 8.64 Å². The maximum atomic E-state index is 4.89. The van der Waals surface area contributed by atoms with Gasteiger partial charge in [-0.15, -0.1) is 0 Å². The maximum Gasteiger partial charge on any atom is 1.00 e. The van der Waals surface area contributed by atoms with Gasteiger partial charge in [0.05, 0.1) is 0 Å². The second-order valence-electron chi connectivity index (χ2n) is 6.65. The third-order valence-electron chi connectivity index (χ3n) is 4.50. The minimum Gasteiger partial charge on any atom is -0.411 e. The minimum atomic E-state index is 0. The molecule has 0 saturated carbocycles. The van der Waals surface area contributed by atoms with Gasteiger partial charge in [0.25, 0.3) is 0 Å².